The van der Waals surface area contributed by atoms with Crippen LogP contribution in [0.2, 0.25) is 0 Å². The summed E-state index contributed by atoms with van der Waals surface area (Å²) in [6.45, 7) is 5.80. The number of fused-ring (bicyclic) bond motifs is 3. The molecular formula is C25H37FN2O3. The third-order valence-electron chi connectivity index (χ3n) is 7.30. The van der Waals surface area contributed by atoms with E-state index in [9.17, 15) is 9.18 Å². The predicted molar refractivity (Wildman–Crippen MR) is 121 cm³/mol. The van der Waals surface area contributed by atoms with E-state index in [1.165, 1.54) is 5.56 Å². The van der Waals surface area contributed by atoms with E-state index in [0.717, 1.165) is 38.5 Å². The topological polar surface area (TPSA) is 73.6 Å². The maximum Gasteiger partial charge on any atom is 0.226 e. The lowest BCUT2D eigenvalue weighted by atomic mass is 9.51. The minimum Gasteiger partial charge on any atom is -0.489 e. The van der Waals surface area contributed by atoms with Gasteiger partial charge >= 0.3 is 0 Å². The molecule has 1 aromatic carbocycles. The van der Waals surface area contributed by atoms with Gasteiger partial charge in [0.25, 0.3) is 0 Å². The van der Waals surface area contributed by atoms with Crippen molar-refractivity contribution in [1.29, 1.82) is 0 Å². The number of methoxy groups -OCH3 is 1. The Morgan fingerprint density at radius 2 is 1.77 bits per heavy atom. The third-order valence-corrected chi connectivity index (χ3v) is 7.30. The highest BCUT2D eigenvalue weighted by Gasteiger charge is 2.52. The number of carbonyl (C=O) groups is 1. The number of halogens is 1. The molecule has 5 nitrogen and oxygen atoms in total. The Morgan fingerprint density at radius 3 is 2.29 bits per heavy atom. The summed E-state index contributed by atoms with van der Waals surface area (Å²) in [7, 11) is 1.70. The Labute approximate surface area is 185 Å². The van der Waals surface area contributed by atoms with Gasteiger partial charge in [-0.25, -0.2) is 4.39 Å². The first-order valence-electron chi connectivity index (χ1n) is 11.3. The Hall–Kier alpha value is -1.92. The van der Waals surface area contributed by atoms with Crippen molar-refractivity contribution in [2.45, 2.75) is 57.8 Å². The molecule has 3 aliphatic carbocycles. The number of amides is 1. The van der Waals surface area contributed by atoms with Crippen LogP contribution in [-0.2, 0) is 14.9 Å². The molecule has 31 heavy (non-hydrogen) atoms. The average molecular weight is 433 g/mol. The zero-order valence-electron chi connectivity index (χ0n) is 19.1. The number of hydrogen-bond acceptors (Lipinski definition) is 4. The van der Waals surface area contributed by atoms with E-state index >= 15 is 0 Å². The van der Waals surface area contributed by atoms with Crippen molar-refractivity contribution in [3.63, 3.8) is 0 Å². The fourth-order valence-corrected chi connectivity index (χ4v) is 5.12. The van der Waals surface area contributed by atoms with E-state index in [2.05, 4.69) is 31.3 Å². The zero-order chi connectivity index (χ0) is 22.5. The highest BCUT2D eigenvalue weighted by molar-refractivity contribution is 5.83. The van der Waals surface area contributed by atoms with E-state index in [-0.39, 0.29) is 35.3 Å². The van der Waals surface area contributed by atoms with Crippen molar-refractivity contribution in [3.8, 4) is 5.75 Å². The predicted octanol–water partition coefficient (Wildman–Crippen LogP) is 4.26. The lowest BCUT2D eigenvalue weighted by Crippen LogP contribution is -2.53. The van der Waals surface area contributed by atoms with Crippen LogP contribution in [0, 0.1) is 10.8 Å². The van der Waals surface area contributed by atoms with Crippen molar-refractivity contribution < 1.29 is 18.7 Å². The average Bonchev–Trinajstić information content (AvgIpc) is 2.80. The van der Waals surface area contributed by atoms with Crippen molar-refractivity contribution in [2.24, 2.45) is 16.6 Å². The second-order valence-electron chi connectivity index (χ2n) is 10.1. The van der Waals surface area contributed by atoms with Gasteiger partial charge in [-0.3, -0.25) is 4.79 Å². The molecule has 0 heterocycles. The van der Waals surface area contributed by atoms with Crippen LogP contribution in [0.3, 0.4) is 0 Å². The van der Waals surface area contributed by atoms with Crippen LogP contribution in [-0.4, -0.2) is 39.3 Å². The van der Waals surface area contributed by atoms with Gasteiger partial charge in [0.2, 0.25) is 5.91 Å². The Kier molecular flexibility index (Phi) is 7.43. The van der Waals surface area contributed by atoms with Gasteiger partial charge in [0.1, 0.15) is 12.4 Å². The van der Waals surface area contributed by atoms with Crippen LogP contribution in [0.1, 0.15) is 57.9 Å². The summed E-state index contributed by atoms with van der Waals surface area (Å²) in [6.07, 6.45) is 6.41. The normalized spacial score (nSPS) is 26.0. The first kappa shape index (κ1) is 23.7. The smallest absolute Gasteiger partial charge is 0.226 e. The Morgan fingerprint density at radius 1 is 1.16 bits per heavy atom. The minimum atomic E-state index is -0.217. The maximum absolute atomic E-state index is 13.1. The van der Waals surface area contributed by atoms with E-state index in [1.54, 1.807) is 7.11 Å². The molecule has 3 fully saturated rings. The molecule has 0 saturated heterocycles. The summed E-state index contributed by atoms with van der Waals surface area (Å²) in [5.74, 6) is 0.928. The van der Waals surface area contributed by atoms with Gasteiger partial charge < -0.3 is 20.5 Å². The molecule has 0 aliphatic heterocycles. The first-order chi connectivity index (χ1) is 14.8. The number of rotatable bonds is 10. The standard InChI is InChI=1S/C25H37FN2O3/c1-23(2,18-30-3)17-28-22(29)25-11-8-24(9-12-25,10-13-25)20-4-6-21(7-5-20)31-16-19(14-26)15-27/h4-7,14H,8-13,15-18,27H2,1-3H3,(H,28,29)/b19-14+. The van der Waals surface area contributed by atoms with Crippen LogP contribution >= 0.6 is 0 Å². The molecule has 172 valence electrons. The molecule has 0 atom stereocenters. The summed E-state index contributed by atoms with van der Waals surface area (Å²) in [4.78, 5) is 13.1. The molecule has 6 heteroatoms. The van der Waals surface area contributed by atoms with Crippen LogP contribution in [0.15, 0.2) is 36.2 Å². The summed E-state index contributed by atoms with van der Waals surface area (Å²) >= 11 is 0. The lowest BCUT2D eigenvalue weighted by molar-refractivity contribution is -0.138. The van der Waals surface area contributed by atoms with E-state index in [0.29, 0.717) is 30.8 Å². The monoisotopic (exact) mass is 432 g/mol. The van der Waals surface area contributed by atoms with Gasteiger partial charge in [-0.1, -0.05) is 26.0 Å². The van der Waals surface area contributed by atoms with E-state index in [1.807, 2.05) is 12.1 Å². The summed E-state index contributed by atoms with van der Waals surface area (Å²) < 4.78 is 23.5. The summed E-state index contributed by atoms with van der Waals surface area (Å²) in [5, 5.41) is 3.21. The van der Waals surface area contributed by atoms with Crippen LogP contribution in [0.25, 0.3) is 0 Å². The number of ether oxygens (including phenoxy) is 2. The summed E-state index contributed by atoms with van der Waals surface area (Å²) in [5.41, 5.74) is 7.09. The third kappa shape index (κ3) is 5.29. The second kappa shape index (κ2) is 9.70. The molecule has 0 aromatic heterocycles. The van der Waals surface area contributed by atoms with E-state index < -0.39 is 0 Å². The van der Waals surface area contributed by atoms with Gasteiger partial charge in [0.05, 0.1) is 12.9 Å². The van der Waals surface area contributed by atoms with Gasteiger partial charge in [-0.2, -0.15) is 0 Å². The summed E-state index contributed by atoms with van der Waals surface area (Å²) in [6, 6.07) is 8.17. The number of nitrogens with one attached hydrogen (secondary N) is 1. The largest absolute Gasteiger partial charge is 0.489 e. The van der Waals surface area contributed by atoms with Gasteiger partial charge in [0, 0.05) is 36.6 Å². The Bertz CT molecular complexity index is 764. The Balaban J connectivity index is 1.58. The fraction of sp³-hybridized carbons (Fsp3) is 0.640. The molecule has 1 amide bonds. The van der Waals surface area contributed by atoms with Crippen molar-refractivity contribution >= 4 is 5.91 Å². The molecule has 0 radical (unpaired) electrons. The van der Waals surface area contributed by atoms with E-state index in [4.69, 9.17) is 15.2 Å². The number of carbonyl (C=O) groups excluding carboxylic acids is 1. The molecule has 1 aromatic rings. The molecular weight excluding hydrogens is 395 g/mol. The molecule has 2 bridgehead atoms. The lowest BCUT2D eigenvalue weighted by Gasteiger charge is -2.53. The van der Waals surface area contributed by atoms with Crippen molar-refractivity contribution in [2.75, 3.05) is 33.4 Å². The quantitative estimate of drug-likeness (QED) is 0.579. The molecule has 3 saturated carbocycles. The molecule has 3 N–H and O–H groups in total. The van der Waals surface area contributed by atoms with Gasteiger partial charge in [0.15, 0.2) is 0 Å². The fourth-order valence-electron chi connectivity index (χ4n) is 5.12. The molecule has 3 aliphatic rings. The van der Waals surface area contributed by atoms with Crippen LogP contribution < -0.4 is 15.8 Å². The molecule has 0 spiro atoms. The van der Waals surface area contributed by atoms with Crippen LogP contribution in [0.4, 0.5) is 4.39 Å². The van der Waals surface area contributed by atoms with Crippen LogP contribution in [0.5, 0.6) is 5.75 Å². The maximum atomic E-state index is 13.1. The van der Waals surface area contributed by atoms with Crippen molar-refractivity contribution in [3.05, 3.63) is 41.7 Å². The number of benzene rings is 1. The van der Waals surface area contributed by atoms with Gasteiger partial charge in [-0.05, 0) is 61.6 Å². The number of hydrogen-bond donors (Lipinski definition) is 2. The highest BCUT2D eigenvalue weighted by Crippen LogP contribution is 2.58. The molecule has 0 unspecified atom stereocenters. The second-order valence-corrected chi connectivity index (χ2v) is 10.1. The SMILES string of the molecule is COCC(C)(C)CNC(=O)C12CCC(c3ccc(OC/C(=C/F)CN)cc3)(CC1)CC2. The minimum absolute atomic E-state index is 0.0666. The van der Waals surface area contributed by atoms with Gasteiger partial charge in [-0.15, -0.1) is 0 Å². The first-order valence-corrected chi connectivity index (χ1v) is 11.3. The molecule has 4 rings (SSSR count). The van der Waals surface area contributed by atoms with Crippen molar-refractivity contribution in [1.82, 2.24) is 5.32 Å². The number of nitrogens with two attached hydrogens (primary N) is 1. The zero-order valence-corrected chi connectivity index (χ0v) is 19.1. The highest BCUT2D eigenvalue weighted by atomic mass is 19.1.